The Morgan fingerprint density at radius 1 is 0.852 bits per heavy atom. The average molecular weight is 383 g/mol. The van der Waals surface area contributed by atoms with Crippen LogP contribution in [0.5, 0.6) is 5.75 Å². The van der Waals surface area contributed by atoms with Crippen LogP contribution >= 0.6 is 11.6 Å². The third-order valence-electron chi connectivity index (χ3n) is 4.03. The fourth-order valence-electron chi connectivity index (χ4n) is 2.65. The molecule has 0 bridgehead atoms. The van der Waals surface area contributed by atoms with Crippen molar-refractivity contribution in [3.05, 3.63) is 77.3 Å². The van der Waals surface area contributed by atoms with Gasteiger partial charge < -0.3 is 4.74 Å². The molecule has 0 aliphatic rings. The number of fused-ring (bicyclic) bond motifs is 1. The number of amides is 2. The van der Waals surface area contributed by atoms with E-state index in [-0.39, 0.29) is 18.9 Å². The first kappa shape index (κ1) is 18.7. The van der Waals surface area contributed by atoms with Crippen LogP contribution in [-0.2, 0) is 16.0 Å². The topological polar surface area (TPSA) is 67.4 Å². The summed E-state index contributed by atoms with van der Waals surface area (Å²) in [5.41, 5.74) is 5.63. The number of hydrogen-bond acceptors (Lipinski definition) is 3. The fraction of sp³-hybridized carbons (Fsp3) is 0.143. The summed E-state index contributed by atoms with van der Waals surface area (Å²) in [6.45, 7) is -0.196. The molecule has 0 heterocycles. The summed E-state index contributed by atoms with van der Waals surface area (Å²) < 4.78 is 5.58. The Labute approximate surface area is 162 Å². The molecule has 3 aromatic rings. The van der Waals surface area contributed by atoms with Crippen molar-refractivity contribution in [3.8, 4) is 5.75 Å². The molecule has 0 saturated heterocycles. The van der Waals surface area contributed by atoms with Crippen LogP contribution in [0.2, 0.25) is 5.02 Å². The molecular weight excluding hydrogens is 364 g/mol. The second-order valence-corrected chi connectivity index (χ2v) is 6.36. The second kappa shape index (κ2) is 9.05. The Bertz CT molecular complexity index is 954. The summed E-state index contributed by atoms with van der Waals surface area (Å²) in [6, 6.07) is 20.7. The lowest BCUT2D eigenvalue weighted by Crippen LogP contribution is -2.43. The number of hydrazine groups is 1. The quantitative estimate of drug-likeness (QED) is 0.639. The zero-order valence-electron chi connectivity index (χ0n) is 14.6. The van der Waals surface area contributed by atoms with Gasteiger partial charge in [-0.3, -0.25) is 20.4 Å². The van der Waals surface area contributed by atoms with Gasteiger partial charge in [0.05, 0.1) is 0 Å². The number of rotatable bonds is 6. The maximum atomic E-state index is 11.9. The first-order valence-electron chi connectivity index (χ1n) is 8.55. The predicted octanol–water partition coefficient (Wildman–Crippen LogP) is 3.65. The maximum Gasteiger partial charge on any atom is 0.276 e. The third kappa shape index (κ3) is 5.21. The molecule has 0 spiro atoms. The van der Waals surface area contributed by atoms with Crippen LogP contribution < -0.4 is 15.6 Å². The van der Waals surface area contributed by atoms with Gasteiger partial charge in [-0.15, -0.1) is 0 Å². The predicted molar refractivity (Wildman–Crippen MR) is 106 cm³/mol. The highest BCUT2D eigenvalue weighted by Crippen LogP contribution is 2.24. The first-order valence-corrected chi connectivity index (χ1v) is 8.93. The summed E-state index contributed by atoms with van der Waals surface area (Å²) in [7, 11) is 0. The summed E-state index contributed by atoms with van der Waals surface area (Å²) in [6.07, 6.45) is 0.710. The summed E-state index contributed by atoms with van der Waals surface area (Å²) in [5.74, 6) is -0.115. The minimum Gasteiger partial charge on any atom is -0.483 e. The lowest BCUT2D eigenvalue weighted by atomic mass is 10.1. The number of ether oxygens (including phenoxy) is 1. The summed E-state index contributed by atoms with van der Waals surface area (Å²) >= 11 is 6.06. The Balaban J connectivity index is 1.44. The monoisotopic (exact) mass is 382 g/mol. The Morgan fingerprint density at radius 3 is 2.41 bits per heavy atom. The zero-order chi connectivity index (χ0) is 19.1. The van der Waals surface area contributed by atoms with Gasteiger partial charge in [-0.25, -0.2) is 0 Å². The van der Waals surface area contributed by atoms with Crippen molar-refractivity contribution < 1.29 is 14.3 Å². The van der Waals surface area contributed by atoms with E-state index in [4.69, 9.17) is 16.3 Å². The van der Waals surface area contributed by atoms with Gasteiger partial charge in [0.25, 0.3) is 5.91 Å². The summed E-state index contributed by atoms with van der Waals surface area (Å²) in [4.78, 5) is 23.8. The molecule has 0 aliphatic heterocycles. The van der Waals surface area contributed by atoms with Crippen molar-refractivity contribution in [1.82, 2.24) is 10.9 Å². The molecule has 27 heavy (non-hydrogen) atoms. The van der Waals surface area contributed by atoms with E-state index in [1.165, 1.54) is 0 Å². The van der Waals surface area contributed by atoms with E-state index in [0.29, 0.717) is 17.2 Å². The smallest absolute Gasteiger partial charge is 0.276 e. The van der Waals surface area contributed by atoms with Crippen LogP contribution in [0.3, 0.4) is 0 Å². The van der Waals surface area contributed by atoms with Crippen molar-refractivity contribution in [3.63, 3.8) is 0 Å². The molecule has 0 aromatic heterocycles. The van der Waals surface area contributed by atoms with Crippen LogP contribution in [-0.4, -0.2) is 18.4 Å². The summed E-state index contributed by atoms with van der Waals surface area (Å²) in [5, 5.41) is 2.58. The zero-order valence-corrected chi connectivity index (χ0v) is 15.3. The van der Waals surface area contributed by atoms with Gasteiger partial charge in [0, 0.05) is 16.8 Å². The van der Waals surface area contributed by atoms with Crippen LogP contribution in [0, 0.1) is 0 Å². The van der Waals surface area contributed by atoms with Crippen molar-refractivity contribution in [2.45, 2.75) is 12.8 Å². The lowest BCUT2D eigenvalue weighted by molar-refractivity contribution is -0.130. The van der Waals surface area contributed by atoms with Crippen LogP contribution in [0.4, 0.5) is 0 Å². The molecule has 6 heteroatoms. The maximum absolute atomic E-state index is 11.9. The fourth-order valence-corrected chi connectivity index (χ4v) is 2.88. The minimum atomic E-state index is -0.436. The highest BCUT2D eigenvalue weighted by molar-refractivity contribution is 6.31. The van der Waals surface area contributed by atoms with E-state index < -0.39 is 5.91 Å². The number of aryl methyl sites for hydroxylation is 1. The molecule has 0 atom stereocenters. The van der Waals surface area contributed by atoms with Crippen LogP contribution in [0.25, 0.3) is 10.8 Å². The van der Waals surface area contributed by atoms with Gasteiger partial charge in [0.15, 0.2) is 6.61 Å². The Hall–Kier alpha value is -3.05. The molecule has 0 saturated carbocycles. The van der Waals surface area contributed by atoms with Gasteiger partial charge in [-0.05, 0) is 29.5 Å². The van der Waals surface area contributed by atoms with Crippen molar-refractivity contribution in [2.75, 3.05) is 6.61 Å². The number of hydrogen-bond donors (Lipinski definition) is 2. The largest absolute Gasteiger partial charge is 0.483 e. The lowest BCUT2D eigenvalue weighted by Gasteiger charge is -2.10. The van der Waals surface area contributed by atoms with Gasteiger partial charge in [-0.2, -0.15) is 0 Å². The van der Waals surface area contributed by atoms with Gasteiger partial charge in [0.2, 0.25) is 5.91 Å². The molecule has 2 N–H and O–H groups in total. The Kier molecular flexibility index (Phi) is 6.28. The standard InChI is InChI=1S/C21H19ClN2O3/c22-18-10-4-2-7-16(18)12-13-20(25)23-24-21(26)14-27-19-11-5-8-15-6-1-3-9-17(15)19/h1-11H,12-14H2,(H,23,25)(H,24,26). The third-order valence-corrected chi connectivity index (χ3v) is 4.40. The van der Waals surface area contributed by atoms with Crippen LogP contribution in [0.15, 0.2) is 66.7 Å². The second-order valence-electron chi connectivity index (χ2n) is 5.95. The molecule has 0 aliphatic carbocycles. The average Bonchev–Trinajstić information content (AvgIpc) is 2.70. The van der Waals surface area contributed by atoms with Crippen molar-refractivity contribution >= 4 is 34.2 Å². The van der Waals surface area contributed by atoms with Crippen molar-refractivity contribution in [1.29, 1.82) is 0 Å². The van der Waals surface area contributed by atoms with E-state index >= 15 is 0 Å². The van der Waals surface area contributed by atoms with Crippen LogP contribution in [0.1, 0.15) is 12.0 Å². The first-order chi connectivity index (χ1) is 13.1. The number of benzene rings is 3. The molecular formula is C21H19ClN2O3. The van der Waals surface area contributed by atoms with E-state index in [2.05, 4.69) is 10.9 Å². The number of halogens is 1. The number of carbonyl (C=O) groups excluding carboxylic acids is 2. The highest BCUT2D eigenvalue weighted by Gasteiger charge is 2.08. The molecule has 0 radical (unpaired) electrons. The number of nitrogens with one attached hydrogen (secondary N) is 2. The molecule has 0 unspecified atom stereocenters. The normalized spacial score (nSPS) is 10.4. The van der Waals surface area contributed by atoms with Gasteiger partial charge in [-0.1, -0.05) is 66.2 Å². The molecule has 5 nitrogen and oxygen atoms in total. The minimum absolute atomic E-state index is 0.196. The molecule has 0 fully saturated rings. The Morgan fingerprint density at radius 2 is 1.56 bits per heavy atom. The molecule has 2 amide bonds. The van der Waals surface area contributed by atoms with E-state index in [0.717, 1.165) is 16.3 Å². The van der Waals surface area contributed by atoms with Crippen molar-refractivity contribution in [2.24, 2.45) is 0 Å². The van der Waals surface area contributed by atoms with E-state index in [9.17, 15) is 9.59 Å². The SMILES string of the molecule is O=C(CCc1ccccc1Cl)NNC(=O)COc1cccc2ccccc12. The highest BCUT2D eigenvalue weighted by atomic mass is 35.5. The van der Waals surface area contributed by atoms with E-state index in [1.54, 1.807) is 12.1 Å². The molecule has 138 valence electrons. The molecule has 3 aromatic carbocycles. The molecule has 3 rings (SSSR count). The van der Waals surface area contributed by atoms with Gasteiger partial charge in [0.1, 0.15) is 5.75 Å². The van der Waals surface area contributed by atoms with E-state index in [1.807, 2.05) is 54.6 Å². The van der Waals surface area contributed by atoms with Gasteiger partial charge >= 0.3 is 0 Å². The number of carbonyl (C=O) groups is 2.